The molecule has 0 aromatic carbocycles. The average molecular weight is 714 g/mol. The molecule has 1 amide bonds. The normalized spacial score (nSPS) is 12.8. The van der Waals surface area contributed by atoms with E-state index < -0.39 is 6.09 Å². The topological polar surface area (TPSA) is 75.3 Å². The van der Waals surface area contributed by atoms with Crippen molar-refractivity contribution in [1.29, 1.82) is 0 Å². The lowest BCUT2D eigenvalue weighted by Crippen LogP contribution is -2.36. The van der Waals surface area contributed by atoms with Gasteiger partial charge in [-0.3, -0.25) is 0 Å². The summed E-state index contributed by atoms with van der Waals surface area (Å²) in [6, 6.07) is 0. The van der Waals surface area contributed by atoms with E-state index in [-0.39, 0.29) is 23.9 Å². The molecule has 50 heavy (non-hydrogen) atoms. The second-order valence-corrected chi connectivity index (χ2v) is 15.9. The lowest BCUT2D eigenvalue weighted by Gasteiger charge is -2.29. The fourth-order valence-electron chi connectivity index (χ4n) is 6.03. The fraction of sp³-hybridized carbons (Fsp3) is 0.977. The molecule has 7 heteroatoms. The van der Waals surface area contributed by atoms with Crippen LogP contribution in [0.4, 0.5) is 4.79 Å². The lowest BCUT2D eigenvalue weighted by molar-refractivity contribution is -0.0610. The van der Waals surface area contributed by atoms with Gasteiger partial charge >= 0.3 is 6.09 Å². The molecule has 7 nitrogen and oxygen atoms in total. The molecule has 0 bridgehead atoms. The van der Waals surface area contributed by atoms with Crippen molar-refractivity contribution in [2.45, 2.75) is 226 Å². The van der Waals surface area contributed by atoms with Gasteiger partial charge in [0.2, 0.25) is 0 Å². The molecule has 0 aromatic rings. The molecule has 0 radical (unpaired) electrons. The number of carbonyl (C=O) groups excluding carboxylic acids is 1. The summed E-state index contributed by atoms with van der Waals surface area (Å²) in [6.07, 6.45) is 32.7. The molecule has 0 aromatic heterocycles. The highest BCUT2D eigenvalue weighted by molar-refractivity contribution is 5.67. The Bertz CT molecular complexity index is 716. The Kier molecular flexibility index (Phi) is 34.5. The molecule has 0 saturated carbocycles. The number of amides is 1. The van der Waals surface area contributed by atoms with E-state index in [0.29, 0.717) is 32.8 Å². The Morgan fingerprint density at radius 1 is 0.540 bits per heavy atom. The van der Waals surface area contributed by atoms with Gasteiger partial charge in [0.15, 0.2) is 0 Å². The zero-order chi connectivity index (χ0) is 37.0. The SMILES string of the molecule is CCCCCCCCCCCCCCOCC(COC(=O)NCCC(C)(C)OCCC(C)(C)OC)OCCCCCCCCCCCCCC. The minimum absolute atomic E-state index is 0.203. The van der Waals surface area contributed by atoms with Crippen LogP contribution in [-0.2, 0) is 23.7 Å². The first-order chi connectivity index (χ1) is 24.2. The molecule has 0 fully saturated rings. The molecule has 300 valence electrons. The second kappa shape index (κ2) is 35.2. The highest BCUT2D eigenvalue weighted by atomic mass is 16.6. The van der Waals surface area contributed by atoms with Crippen LogP contribution < -0.4 is 5.32 Å². The number of hydrogen-bond donors (Lipinski definition) is 1. The van der Waals surface area contributed by atoms with Gasteiger partial charge < -0.3 is 29.0 Å². The summed E-state index contributed by atoms with van der Waals surface area (Å²) in [5.41, 5.74) is -0.557. The Labute approximate surface area is 311 Å². The van der Waals surface area contributed by atoms with Crippen LogP contribution in [0.5, 0.6) is 0 Å². The smallest absolute Gasteiger partial charge is 0.407 e. The van der Waals surface area contributed by atoms with Crippen LogP contribution in [0.3, 0.4) is 0 Å². The van der Waals surface area contributed by atoms with E-state index in [1.54, 1.807) is 7.11 Å². The van der Waals surface area contributed by atoms with E-state index >= 15 is 0 Å². The molecule has 0 aliphatic heterocycles. The average Bonchev–Trinajstić information content (AvgIpc) is 3.08. The summed E-state index contributed by atoms with van der Waals surface area (Å²) in [7, 11) is 1.72. The number of hydrogen-bond acceptors (Lipinski definition) is 6. The van der Waals surface area contributed by atoms with Gasteiger partial charge in [-0.1, -0.05) is 155 Å². The summed E-state index contributed by atoms with van der Waals surface area (Å²) in [6.45, 7) is 15.9. The highest BCUT2D eigenvalue weighted by Crippen LogP contribution is 2.19. The van der Waals surface area contributed by atoms with E-state index in [1.807, 2.05) is 13.8 Å². The molecule has 1 atom stereocenters. The second-order valence-electron chi connectivity index (χ2n) is 15.9. The maximum Gasteiger partial charge on any atom is 0.407 e. The summed E-state index contributed by atoms with van der Waals surface area (Å²) >= 11 is 0. The van der Waals surface area contributed by atoms with Crippen molar-refractivity contribution in [1.82, 2.24) is 5.32 Å². The van der Waals surface area contributed by atoms with Crippen molar-refractivity contribution in [3.8, 4) is 0 Å². The fourth-order valence-corrected chi connectivity index (χ4v) is 6.03. The summed E-state index contributed by atoms with van der Waals surface area (Å²) in [4.78, 5) is 12.5. The molecular formula is C43H87NO6. The minimum atomic E-state index is -0.416. The molecule has 0 aliphatic carbocycles. The van der Waals surface area contributed by atoms with Crippen molar-refractivity contribution in [2.75, 3.05) is 46.7 Å². The van der Waals surface area contributed by atoms with E-state index in [0.717, 1.165) is 25.9 Å². The first kappa shape index (κ1) is 49.1. The minimum Gasteiger partial charge on any atom is -0.447 e. The molecule has 0 saturated heterocycles. The number of nitrogens with one attached hydrogen (secondary N) is 1. The van der Waals surface area contributed by atoms with Gasteiger partial charge in [-0.25, -0.2) is 4.79 Å². The molecule has 1 unspecified atom stereocenters. The van der Waals surface area contributed by atoms with Gasteiger partial charge in [0.05, 0.1) is 24.4 Å². The monoisotopic (exact) mass is 714 g/mol. The van der Waals surface area contributed by atoms with Crippen molar-refractivity contribution >= 4 is 6.09 Å². The maximum absolute atomic E-state index is 12.5. The summed E-state index contributed by atoms with van der Waals surface area (Å²) in [5, 5.41) is 2.89. The van der Waals surface area contributed by atoms with Gasteiger partial charge in [0.25, 0.3) is 0 Å². The van der Waals surface area contributed by atoms with Crippen molar-refractivity contribution < 1.29 is 28.5 Å². The summed E-state index contributed by atoms with van der Waals surface area (Å²) in [5.74, 6) is 0. The Hall–Kier alpha value is -0.890. The van der Waals surface area contributed by atoms with Gasteiger partial charge in [0, 0.05) is 26.9 Å². The van der Waals surface area contributed by atoms with Gasteiger partial charge in [-0.15, -0.1) is 0 Å². The van der Waals surface area contributed by atoms with Crippen LogP contribution in [0.25, 0.3) is 0 Å². The quantitative estimate of drug-likeness (QED) is 0.0639. The van der Waals surface area contributed by atoms with Crippen molar-refractivity contribution in [3.05, 3.63) is 0 Å². The van der Waals surface area contributed by atoms with Crippen LogP contribution >= 0.6 is 0 Å². The first-order valence-electron chi connectivity index (χ1n) is 21.4. The largest absolute Gasteiger partial charge is 0.447 e. The number of carbonyl (C=O) groups is 1. The predicted molar refractivity (Wildman–Crippen MR) is 212 cm³/mol. The van der Waals surface area contributed by atoms with E-state index in [1.165, 1.54) is 141 Å². The number of methoxy groups -OCH3 is 1. The number of alkyl carbamates (subject to hydrolysis) is 1. The molecular weight excluding hydrogens is 626 g/mol. The molecule has 0 spiro atoms. The third kappa shape index (κ3) is 35.5. The molecule has 0 rings (SSSR count). The van der Waals surface area contributed by atoms with Gasteiger partial charge in [0.1, 0.15) is 12.7 Å². The van der Waals surface area contributed by atoms with Crippen LogP contribution in [0, 0.1) is 0 Å². The van der Waals surface area contributed by atoms with E-state index in [4.69, 9.17) is 23.7 Å². The maximum atomic E-state index is 12.5. The van der Waals surface area contributed by atoms with Crippen LogP contribution in [0.1, 0.15) is 208 Å². The standard InChI is InChI=1S/C43H87NO6/c1-8-10-12-14-16-18-20-22-24-26-28-30-35-47-38-40(48-36-31-29-27-25-23-21-19-17-15-13-11-9-2)39-49-41(45)44-34-32-43(5,6)50-37-33-42(3,4)46-7/h40H,8-39H2,1-7H3,(H,44,45). The molecule has 1 N–H and O–H groups in total. The van der Waals surface area contributed by atoms with Crippen LogP contribution in [0.15, 0.2) is 0 Å². The number of unbranched alkanes of at least 4 members (excludes halogenated alkanes) is 22. The Balaban J connectivity index is 4.29. The lowest BCUT2D eigenvalue weighted by atomic mass is 10.0. The highest BCUT2D eigenvalue weighted by Gasteiger charge is 2.22. The summed E-state index contributed by atoms with van der Waals surface area (Å²) < 4.78 is 29.3. The van der Waals surface area contributed by atoms with Crippen molar-refractivity contribution in [2.24, 2.45) is 0 Å². The number of rotatable bonds is 39. The third-order valence-corrected chi connectivity index (χ3v) is 9.94. The Morgan fingerprint density at radius 2 is 0.980 bits per heavy atom. The van der Waals surface area contributed by atoms with Crippen LogP contribution in [0.2, 0.25) is 0 Å². The van der Waals surface area contributed by atoms with Crippen molar-refractivity contribution in [3.63, 3.8) is 0 Å². The molecule has 0 heterocycles. The zero-order valence-corrected chi connectivity index (χ0v) is 34.7. The number of ether oxygens (including phenoxy) is 5. The first-order valence-corrected chi connectivity index (χ1v) is 21.4. The zero-order valence-electron chi connectivity index (χ0n) is 34.7. The Morgan fingerprint density at radius 3 is 1.44 bits per heavy atom. The van der Waals surface area contributed by atoms with E-state index in [9.17, 15) is 4.79 Å². The van der Waals surface area contributed by atoms with E-state index in [2.05, 4.69) is 33.0 Å². The molecule has 0 aliphatic rings. The van der Waals surface area contributed by atoms with Gasteiger partial charge in [-0.2, -0.15) is 0 Å². The predicted octanol–water partition coefficient (Wildman–Crippen LogP) is 12.5. The third-order valence-electron chi connectivity index (χ3n) is 9.94. The van der Waals surface area contributed by atoms with Gasteiger partial charge in [-0.05, 0) is 53.4 Å². The van der Waals surface area contributed by atoms with Crippen LogP contribution in [-0.4, -0.2) is 70.1 Å².